The van der Waals surface area contributed by atoms with Crippen LogP contribution in [-0.4, -0.2) is 36.1 Å². The lowest BCUT2D eigenvalue weighted by molar-refractivity contribution is 0.533. The van der Waals surface area contributed by atoms with Gasteiger partial charge >= 0.3 is 0 Å². The van der Waals surface area contributed by atoms with Crippen LogP contribution in [0.5, 0.6) is 0 Å². The largest absolute Gasteiger partial charge is 0.370 e. The Labute approximate surface area is 134 Å². The van der Waals surface area contributed by atoms with Crippen LogP contribution in [-0.2, 0) is 0 Å². The van der Waals surface area contributed by atoms with Crippen molar-refractivity contribution < 1.29 is 4.39 Å². The third-order valence-electron chi connectivity index (χ3n) is 4.75. The van der Waals surface area contributed by atoms with Crippen LogP contribution in [0.25, 0.3) is 0 Å². The van der Waals surface area contributed by atoms with Gasteiger partial charge in [-0.25, -0.2) is 14.4 Å². The number of pyridine rings is 2. The second-order valence-corrected chi connectivity index (χ2v) is 6.15. The molecular weight excluding hydrogens is 293 g/mol. The van der Waals surface area contributed by atoms with Crippen molar-refractivity contribution in [3.8, 4) is 6.07 Å². The van der Waals surface area contributed by atoms with Crippen molar-refractivity contribution in [1.29, 1.82) is 5.26 Å². The van der Waals surface area contributed by atoms with E-state index in [0.717, 1.165) is 31.9 Å². The Kier molecular flexibility index (Phi) is 3.34. The molecule has 0 N–H and O–H groups in total. The van der Waals surface area contributed by atoms with Crippen molar-refractivity contribution in [3.63, 3.8) is 0 Å². The highest BCUT2D eigenvalue weighted by atomic mass is 19.1. The van der Waals surface area contributed by atoms with E-state index in [1.165, 1.54) is 6.07 Å². The van der Waals surface area contributed by atoms with Gasteiger partial charge in [-0.3, -0.25) is 0 Å². The number of nitriles is 1. The SMILES string of the molecule is N#Cc1ccc(N2CC3CN(c4ncccc4F)CC3C2)cn1. The topological polar surface area (TPSA) is 56.1 Å². The minimum absolute atomic E-state index is 0.249. The highest BCUT2D eigenvalue weighted by Crippen LogP contribution is 2.35. The molecule has 2 saturated heterocycles. The van der Waals surface area contributed by atoms with Gasteiger partial charge in [0.25, 0.3) is 0 Å². The van der Waals surface area contributed by atoms with Crippen molar-refractivity contribution in [2.75, 3.05) is 36.0 Å². The Bertz CT molecular complexity index is 740. The molecule has 0 aliphatic carbocycles. The van der Waals surface area contributed by atoms with Crippen molar-refractivity contribution in [2.45, 2.75) is 0 Å². The number of rotatable bonds is 2. The molecule has 2 atom stereocenters. The fourth-order valence-corrected chi connectivity index (χ4v) is 3.63. The molecule has 0 bridgehead atoms. The molecular formula is C17H16FN5. The minimum Gasteiger partial charge on any atom is -0.370 e. The molecule has 0 saturated carbocycles. The quantitative estimate of drug-likeness (QED) is 0.850. The van der Waals surface area contributed by atoms with Crippen LogP contribution in [0.2, 0.25) is 0 Å². The van der Waals surface area contributed by atoms with Gasteiger partial charge in [0.05, 0.1) is 11.9 Å². The number of nitrogens with zero attached hydrogens (tertiary/aromatic N) is 5. The molecule has 6 heteroatoms. The molecule has 0 aromatic carbocycles. The molecule has 5 nitrogen and oxygen atoms in total. The van der Waals surface area contributed by atoms with Gasteiger partial charge in [0.1, 0.15) is 11.8 Å². The lowest BCUT2D eigenvalue weighted by Crippen LogP contribution is -2.29. The molecule has 2 aromatic heterocycles. The average molecular weight is 309 g/mol. The Balaban J connectivity index is 1.46. The second kappa shape index (κ2) is 5.51. The number of hydrogen-bond acceptors (Lipinski definition) is 5. The van der Waals surface area contributed by atoms with Crippen LogP contribution < -0.4 is 9.80 Å². The molecule has 4 rings (SSSR count). The highest BCUT2D eigenvalue weighted by Gasteiger charge is 2.41. The van der Waals surface area contributed by atoms with Gasteiger partial charge in [0, 0.05) is 44.2 Å². The van der Waals surface area contributed by atoms with Gasteiger partial charge < -0.3 is 9.80 Å². The summed E-state index contributed by atoms with van der Waals surface area (Å²) < 4.78 is 13.9. The van der Waals surface area contributed by atoms with Crippen LogP contribution in [0.3, 0.4) is 0 Å². The van der Waals surface area contributed by atoms with Crippen molar-refractivity contribution >= 4 is 11.5 Å². The lowest BCUT2D eigenvalue weighted by atomic mass is 10.0. The molecule has 2 aliphatic heterocycles. The molecule has 0 radical (unpaired) electrons. The van der Waals surface area contributed by atoms with Crippen molar-refractivity contribution in [2.24, 2.45) is 11.8 Å². The fourth-order valence-electron chi connectivity index (χ4n) is 3.63. The number of aromatic nitrogens is 2. The van der Waals surface area contributed by atoms with Gasteiger partial charge in [-0.15, -0.1) is 0 Å². The van der Waals surface area contributed by atoms with Gasteiger partial charge in [0.15, 0.2) is 11.6 Å². The molecule has 4 heterocycles. The Morgan fingerprint density at radius 3 is 2.39 bits per heavy atom. The normalized spacial score (nSPS) is 23.0. The van der Waals surface area contributed by atoms with Gasteiger partial charge in [-0.05, 0) is 24.3 Å². The number of anilines is 2. The zero-order valence-corrected chi connectivity index (χ0v) is 12.6. The first-order valence-electron chi connectivity index (χ1n) is 7.71. The maximum Gasteiger partial charge on any atom is 0.165 e. The zero-order valence-electron chi connectivity index (χ0n) is 12.6. The van der Waals surface area contributed by atoms with E-state index in [0.29, 0.717) is 23.3 Å². The van der Waals surface area contributed by atoms with E-state index in [1.54, 1.807) is 24.5 Å². The van der Waals surface area contributed by atoms with E-state index in [-0.39, 0.29) is 5.82 Å². The van der Waals surface area contributed by atoms with Crippen molar-refractivity contribution in [3.05, 3.63) is 48.2 Å². The van der Waals surface area contributed by atoms with E-state index >= 15 is 0 Å². The minimum atomic E-state index is -0.249. The summed E-state index contributed by atoms with van der Waals surface area (Å²) in [7, 11) is 0. The van der Waals surface area contributed by atoms with E-state index in [2.05, 4.69) is 19.8 Å². The van der Waals surface area contributed by atoms with Gasteiger partial charge in [0.2, 0.25) is 0 Å². The summed E-state index contributed by atoms with van der Waals surface area (Å²) in [6.45, 7) is 3.53. The predicted octanol–water partition coefficient (Wildman–Crippen LogP) is 2.06. The van der Waals surface area contributed by atoms with Crippen LogP contribution in [0.1, 0.15) is 5.69 Å². The van der Waals surface area contributed by atoms with Crippen molar-refractivity contribution in [1.82, 2.24) is 9.97 Å². The molecule has 2 aromatic rings. The first-order chi connectivity index (χ1) is 11.2. The van der Waals surface area contributed by atoms with E-state index < -0.39 is 0 Å². The van der Waals surface area contributed by atoms with Crippen LogP contribution in [0.15, 0.2) is 36.7 Å². The maximum absolute atomic E-state index is 13.9. The smallest absolute Gasteiger partial charge is 0.165 e. The second-order valence-electron chi connectivity index (χ2n) is 6.15. The summed E-state index contributed by atoms with van der Waals surface area (Å²) in [4.78, 5) is 12.7. The average Bonchev–Trinajstić information content (AvgIpc) is 3.14. The lowest BCUT2D eigenvalue weighted by Gasteiger charge is -2.23. The summed E-state index contributed by atoms with van der Waals surface area (Å²) in [6.07, 6.45) is 3.40. The third-order valence-corrected chi connectivity index (χ3v) is 4.75. The monoisotopic (exact) mass is 309 g/mol. The summed E-state index contributed by atoms with van der Waals surface area (Å²) in [5.74, 6) is 1.23. The van der Waals surface area contributed by atoms with Crippen LogP contribution in [0, 0.1) is 29.0 Å². The molecule has 0 spiro atoms. The van der Waals surface area contributed by atoms with Crippen LogP contribution >= 0.6 is 0 Å². The fraction of sp³-hybridized carbons (Fsp3) is 0.353. The summed E-state index contributed by atoms with van der Waals surface area (Å²) >= 11 is 0. The first-order valence-corrected chi connectivity index (χ1v) is 7.71. The Morgan fingerprint density at radius 2 is 1.78 bits per heavy atom. The highest BCUT2D eigenvalue weighted by molar-refractivity contribution is 5.49. The summed E-state index contributed by atoms with van der Waals surface area (Å²) in [5, 5.41) is 8.82. The zero-order chi connectivity index (χ0) is 15.8. The Morgan fingerprint density at radius 1 is 1.04 bits per heavy atom. The summed E-state index contributed by atoms with van der Waals surface area (Å²) in [5.41, 5.74) is 1.49. The number of hydrogen-bond donors (Lipinski definition) is 0. The molecule has 23 heavy (non-hydrogen) atoms. The predicted molar refractivity (Wildman–Crippen MR) is 84.6 cm³/mol. The molecule has 2 fully saturated rings. The first kappa shape index (κ1) is 13.9. The number of fused-ring (bicyclic) bond motifs is 1. The molecule has 116 valence electrons. The van der Waals surface area contributed by atoms with Gasteiger partial charge in [-0.2, -0.15) is 5.26 Å². The van der Waals surface area contributed by atoms with E-state index in [4.69, 9.17) is 5.26 Å². The Hall–Kier alpha value is -2.68. The van der Waals surface area contributed by atoms with Crippen LogP contribution in [0.4, 0.5) is 15.9 Å². The number of halogens is 1. The molecule has 0 amide bonds. The van der Waals surface area contributed by atoms with Gasteiger partial charge in [-0.1, -0.05) is 0 Å². The third kappa shape index (κ3) is 2.48. The molecule has 2 aliphatic rings. The molecule has 2 unspecified atom stereocenters. The maximum atomic E-state index is 13.9. The van der Waals surface area contributed by atoms with E-state index in [1.807, 2.05) is 12.1 Å². The standard InChI is InChI=1S/C17H16FN5/c18-16-2-1-5-20-17(16)23-10-12-8-22(9-13(12)11-23)15-4-3-14(6-19)21-7-15/h1-5,7,12-13H,8-11H2. The summed E-state index contributed by atoms with van der Waals surface area (Å²) in [6, 6.07) is 8.82. The van der Waals surface area contributed by atoms with E-state index in [9.17, 15) is 4.39 Å².